The number of hydrogen-bond donors (Lipinski definition) is 2. The highest BCUT2D eigenvalue weighted by molar-refractivity contribution is 6.42. The minimum absolute atomic E-state index is 0.381. The van der Waals surface area contributed by atoms with Crippen LogP contribution in [0.5, 0.6) is 0 Å². The van der Waals surface area contributed by atoms with E-state index in [0.717, 1.165) is 0 Å². The number of nitrogen functional groups attached to an aromatic ring is 1. The maximum Gasteiger partial charge on any atom is 0.0613 e. The molecule has 64 valence electrons. The molecule has 1 rings (SSSR count). The van der Waals surface area contributed by atoms with Crippen LogP contribution in [-0.2, 0) is 0 Å². The topological polar surface area (TPSA) is 49.9 Å². The molecule has 0 atom stereocenters. The van der Waals surface area contributed by atoms with E-state index < -0.39 is 0 Å². The number of anilines is 1. The summed E-state index contributed by atoms with van der Waals surface area (Å²) in [6.45, 7) is 1.65. The van der Waals surface area contributed by atoms with Crippen molar-refractivity contribution in [1.82, 2.24) is 0 Å². The van der Waals surface area contributed by atoms with Crippen molar-refractivity contribution in [3.63, 3.8) is 0 Å². The van der Waals surface area contributed by atoms with Gasteiger partial charge in [0.2, 0.25) is 0 Å². The molecular formula is C8H8Cl2N2. The van der Waals surface area contributed by atoms with E-state index in [0.29, 0.717) is 27.0 Å². The second kappa shape index (κ2) is 3.33. The lowest BCUT2D eigenvalue weighted by atomic mass is 10.1. The Morgan fingerprint density at radius 2 is 1.83 bits per heavy atom. The molecule has 0 spiro atoms. The predicted molar refractivity (Wildman–Crippen MR) is 53.4 cm³/mol. The van der Waals surface area contributed by atoms with E-state index in [2.05, 4.69) is 0 Å². The summed E-state index contributed by atoms with van der Waals surface area (Å²) < 4.78 is 0. The molecule has 0 aromatic heterocycles. The Morgan fingerprint density at radius 3 is 2.33 bits per heavy atom. The number of hydrogen-bond acceptors (Lipinski definition) is 2. The molecule has 3 N–H and O–H groups in total. The molecular weight excluding hydrogens is 195 g/mol. The fraction of sp³-hybridized carbons (Fsp3) is 0.125. The molecule has 0 aliphatic carbocycles. The van der Waals surface area contributed by atoms with Gasteiger partial charge in [0.25, 0.3) is 0 Å². The van der Waals surface area contributed by atoms with Gasteiger partial charge in [-0.3, -0.25) is 0 Å². The number of benzene rings is 1. The fourth-order valence-corrected chi connectivity index (χ4v) is 1.22. The van der Waals surface area contributed by atoms with Gasteiger partial charge in [-0.05, 0) is 19.1 Å². The molecule has 0 aliphatic rings. The summed E-state index contributed by atoms with van der Waals surface area (Å²) in [5.74, 6) is 0. The van der Waals surface area contributed by atoms with E-state index in [4.69, 9.17) is 34.3 Å². The Balaban J connectivity index is 3.33. The zero-order valence-corrected chi connectivity index (χ0v) is 8.00. The normalized spacial score (nSPS) is 9.92. The van der Waals surface area contributed by atoms with Gasteiger partial charge in [0, 0.05) is 17.0 Å². The van der Waals surface area contributed by atoms with Crippen LogP contribution in [0.2, 0.25) is 10.0 Å². The van der Waals surface area contributed by atoms with Gasteiger partial charge in [-0.25, -0.2) is 0 Å². The smallest absolute Gasteiger partial charge is 0.0613 e. The molecule has 4 heteroatoms. The van der Waals surface area contributed by atoms with Crippen LogP contribution in [0, 0.1) is 5.41 Å². The van der Waals surface area contributed by atoms with Crippen molar-refractivity contribution in [2.45, 2.75) is 6.92 Å². The summed E-state index contributed by atoms with van der Waals surface area (Å²) in [5, 5.41) is 8.20. The van der Waals surface area contributed by atoms with Crippen molar-refractivity contribution in [2.24, 2.45) is 0 Å². The third kappa shape index (κ3) is 1.71. The first kappa shape index (κ1) is 9.36. The molecule has 0 radical (unpaired) electrons. The molecule has 0 amide bonds. The summed E-state index contributed by atoms with van der Waals surface area (Å²) in [5.41, 5.74) is 7.10. The van der Waals surface area contributed by atoms with Crippen LogP contribution in [0.15, 0.2) is 12.1 Å². The first-order valence-corrected chi connectivity index (χ1v) is 4.08. The van der Waals surface area contributed by atoms with Crippen molar-refractivity contribution in [3.05, 3.63) is 27.7 Å². The largest absolute Gasteiger partial charge is 0.398 e. The lowest BCUT2D eigenvalue weighted by Gasteiger charge is -2.05. The third-order valence-electron chi connectivity index (χ3n) is 1.50. The third-order valence-corrected chi connectivity index (χ3v) is 2.22. The van der Waals surface area contributed by atoms with Gasteiger partial charge >= 0.3 is 0 Å². The van der Waals surface area contributed by atoms with Crippen LogP contribution in [0.1, 0.15) is 12.5 Å². The van der Waals surface area contributed by atoms with E-state index >= 15 is 0 Å². The standard InChI is InChI=1S/C8H8Cl2N2/c1-4(11)5-2-6(9)7(10)3-8(5)12/h2-3,11H,12H2,1H3. The maximum atomic E-state index is 7.36. The Labute approximate surface area is 80.8 Å². The number of nitrogens with one attached hydrogen (secondary N) is 1. The summed E-state index contributed by atoms with van der Waals surface area (Å²) in [6.07, 6.45) is 0. The Kier molecular flexibility index (Phi) is 2.60. The van der Waals surface area contributed by atoms with Crippen LogP contribution < -0.4 is 5.73 Å². The minimum atomic E-state index is 0.381. The zero-order valence-electron chi connectivity index (χ0n) is 6.49. The van der Waals surface area contributed by atoms with Crippen LogP contribution in [0.3, 0.4) is 0 Å². The van der Waals surface area contributed by atoms with Gasteiger partial charge < -0.3 is 11.1 Å². The van der Waals surface area contributed by atoms with Gasteiger partial charge in [0.15, 0.2) is 0 Å². The van der Waals surface area contributed by atoms with Crippen LogP contribution >= 0.6 is 23.2 Å². The summed E-state index contributed by atoms with van der Waals surface area (Å²) in [4.78, 5) is 0. The molecule has 1 aromatic rings. The lowest BCUT2D eigenvalue weighted by Crippen LogP contribution is -1.99. The molecule has 0 unspecified atom stereocenters. The Morgan fingerprint density at radius 1 is 1.33 bits per heavy atom. The van der Waals surface area contributed by atoms with Gasteiger partial charge in [-0.15, -0.1) is 0 Å². The van der Waals surface area contributed by atoms with Crippen molar-refractivity contribution in [1.29, 1.82) is 5.41 Å². The van der Waals surface area contributed by atoms with Crippen molar-refractivity contribution < 1.29 is 0 Å². The predicted octanol–water partition coefficient (Wildman–Crippen LogP) is 2.96. The maximum absolute atomic E-state index is 7.36. The second-order valence-electron chi connectivity index (χ2n) is 2.48. The molecule has 12 heavy (non-hydrogen) atoms. The van der Waals surface area contributed by atoms with Crippen LogP contribution in [0.25, 0.3) is 0 Å². The highest BCUT2D eigenvalue weighted by Crippen LogP contribution is 2.27. The molecule has 0 bridgehead atoms. The minimum Gasteiger partial charge on any atom is -0.398 e. The van der Waals surface area contributed by atoms with Gasteiger partial charge in [0.05, 0.1) is 10.0 Å². The average molecular weight is 203 g/mol. The first-order chi connectivity index (χ1) is 5.52. The van der Waals surface area contributed by atoms with Gasteiger partial charge in [-0.2, -0.15) is 0 Å². The van der Waals surface area contributed by atoms with E-state index in [1.54, 1.807) is 19.1 Å². The number of nitrogens with two attached hydrogens (primary N) is 1. The Hall–Kier alpha value is -0.730. The summed E-state index contributed by atoms with van der Waals surface area (Å²) in [6, 6.07) is 3.15. The van der Waals surface area contributed by atoms with Crippen LogP contribution in [-0.4, -0.2) is 5.71 Å². The van der Waals surface area contributed by atoms with Gasteiger partial charge in [-0.1, -0.05) is 23.2 Å². The van der Waals surface area contributed by atoms with E-state index in [1.807, 2.05) is 0 Å². The quantitative estimate of drug-likeness (QED) is 0.534. The summed E-state index contributed by atoms with van der Waals surface area (Å²) in [7, 11) is 0. The highest BCUT2D eigenvalue weighted by Gasteiger charge is 2.05. The first-order valence-electron chi connectivity index (χ1n) is 3.32. The van der Waals surface area contributed by atoms with Gasteiger partial charge in [0.1, 0.15) is 0 Å². The fourth-order valence-electron chi connectivity index (χ4n) is 0.887. The van der Waals surface area contributed by atoms with Crippen LogP contribution in [0.4, 0.5) is 5.69 Å². The van der Waals surface area contributed by atoms with Crippen molar-refractivity contribution in [2.75, 3.05) is 5.73 Å². The second-order valence-corrected chi connectivity index (χ2v) is 3.29. The monoisotopic (exact) mass is 202 g/mol. The molecule has 2 nitrogen and oxygen atoms in total. The summed E-state index contributed by atoms with van der Waals surface area (Å²) >= 11 is 11.5. The highest BCUT2D eigenvalue weighted by atomic mass is 35.5. The van der Waals surface area contributed by atoms with E-state index in [-0.39, 0.29) is 0 Å². The van der Waals surface area contributed by atoms with Crippen molar-refractivity contribution in [3.8, 4) is 0 Å². The zero-order chi connectivity index (χ0) is 9.30. The average Bonchev–Trinajstić information content (AvgIpc) is 1.96. The Bertz CT molecular complexity index is 334. The molecule has 0 saturated heterocycles. The number of rotatable bonds is 1. The molecule has 0 heterocycles. The SMILES string of the molecule is CC(=N)c1cc(Cl)c(Cl)cc1N. The number of halogens is 2. The lowest BCUT2D eigenvalue weighted by molar-refractivity contribution is 1.45. The molecule has 0 aliphatic heterocycles. The molecule has 0 saturated carbocycles. The van der Waals surface area contributed by atoms with Crippen molar-refractivity contribution >= 4 is 34.6 Å². The molecule has 1 aromatic carbocycles. The van der Waals surface area contributed by atoms with E-state index in [1.165, 1.54) is 0 Å². The van der Waals surface area contributed by atoms with E-state index in [9.17, 15) is 0 Å². The molecule has 0 fully saturated rings.